The van der Waals surface area contributed by atoms with E-state index < -0.39 is 5.54 Å². The fourth-order valence-corrected chi connectivity index (χ4v) is 3.60. The molecule has 0 aromatic heterocycles. The molecule has 1 atom stereocenters. The highest BCUT2D eigenvalue weighted by molar-refractivity contribution is 6.06. The van der Waals surface area contributed by atoms with Gasteiger partial charge in [-0.25, -0.2) is 0 Å². The number of rotatable bonds is 3. The van der Waals surface area contributed by atoms with Crippen LogP contribution in [0.2, 0.25) is 0 Å². The smallest absolute Gasteiger partial charge is 0.246 e. The molecular weight excluding hydrogens is 276 g/mol. The van der Waals surface area contributed by atoms with Gasteiger partial charge in [0.2, 0.25) is 11.8 Å². The van der Waals surface area contributed by atoms with Crippen molar-refractivity contribution < 1.29 is 9.59 Å². The number of hydrogen-bond donors (Lipinski definition) is 1. The van der Waals surface area contributed by atoms with Gasteiger partial charge in [0.1, 0.15) is 5.54 Å². The number of carbonyl (C=O) groups is 2. The Morgan fingerprint density at radius 3 is 2.50 bits per heavy atom. The number of hydrogen-bond acceptors (Lipinski definition) is 2. The first-order valence-electron chi connectivity index (χ1n) is 8.21. The molecule has 22 heavy (non-hydrogen) atoms. The summed E-state index contributed by atoms with van der Waals surface area (Å²) in [4.78, 5) is 26.9. The fourth-order valence-electron chi connectivity index (χ4n) is 3.60. The second kappa shape index (κ2) is 5.75. The molecule has 3 rings (SSSR count). The minimum atomic E-state index is -0.769. The first kappa shape index (κ1) is 15.1. The van der Waals surface area contributed by atoms with Gasteiger partial charge in [0.15, 0.2) is 0 Å². The molecule has 1 saturated heterocycles. The lowest BCUT2D eigenvalue weighted by Gasteiger charge is -2.35. The lowest BCUT2D eigenvalue weighted by atomic mass is 9.96. The first-order chi connectivity index (χ1) is 10.5. The maximum Gasteiger partial charge on any atom is 0.246 e. The van der Waals surface area contributed by atoms with Crippen LogP contribution >= 0.6 is 0 Å². The molecule has 1 aromatic carbocycles. The molecule has 1 aliphatic carbocycles. The van der Waals surface area contributed by atoms with E-state index in [2.05, 4.69) is 5.32 Å². The Balaban J connectivity index is 1.84. The molecule has 1 aromatic rings. The molecule has 1 saturated carbocycles. The summed E-state index contributed by atoms with van der Waals surface area (Å²) in [5.74, 6) is 0.0266. The summed E-state index contributed by atoms with van der Waals surface area (Å²) < 4.78 is 0. The maximum absolute atomic E-state index is 12.8. The van der Waals surface area contributed by atoms with E-state index >= 15 is 0 Å². The molecule has 1 aliphatic heterocycles. The molecule has 2 amide bonds. The average Bonchev–Trinajstić information content (AvgIpc) is 3.10. The lowest BCUT2D eigenvalue weighted by Crippen LogP contribution is -2.56. The Hall–Kier alpha value is -1.84. The van der Waals surface area contributed by atoms with Crippen molar-refractivity contribution in [3.63, 3.8) is 0 Å². The van der Waals surface area contributed by atoms with Gasteiger partial charge in [0.25, 0.3) is 0 Å². The van der Waals surface area contributed by atoms with Crippen molar-refractivity contribution in [3.05, 3.63) is 29.8 Å². The normalized spacial score (nSPS) is 25.7. The van der Waals surface area contributed by atoms with Gasteiger partial charge >= 0.3 is 0 Å². The highest BCUT2D eigenvalue weighted by Gasteiger charge is 2.48. The summed E-state index contributed by atoms with van der Waals surface area (Å²) >= 11 is 0. The van der Waals surface area contributed by atoms with E-state index in [-0.39, 0.29) is 17.9 Å². The topological polar surface area (TPSA) is 49.4 Å². The molecule has 0 unspecified atom stereocenters. The summed E-state index contributed by atoms with van der Waals surface area (Å²) in [7, 11) is 0. The van der Waals surface area contributed by atoms with Gasteiger partial charge in [-0.15, -0.1) is 0 Å². The fraction of sp³-hybridized carbons (Fsp3) is 0.556. The second-order valence-electron chi connectivity index (χ2n) is 6.79. The number of amides is 2. The Morgan fingerprint density at radius 1 is 1.23 bits per heavy atom. The number of benzene rings is 1. The van der Waals surface area contributed by atoms with Gasteiger partial charge in [-0.1, -0.05) is 30.5 Å². The zero-order valence-corrected chi connectivity index (χ0v) is 13.4. The van der Waals surface area contributed by atoms with Crippen LogP contribution in [-0.2, 0) is 9.59 Å². The van der Waals surface area contributed by atoms with Gasteiger partial charge in [0, 0.05) is 18.2 Å². The highest BCUT2D eigenvalue weighted by Crippen LogP contribution is 2.35. The molecule has 1 N–H and O–H groups in total. The van der Waals surface area contributed by atoms with E-state index in [1.54, 1.807) is 4.90 Å². The Labute approximate surface area is 131 Å². The van der Waals surface area contributed by atoms with E-state index in [9.17, 15) is 9.59 Å². The Kier molecular flexibility index (Phi) is 3.94. The summed E-state index contributed by atoms with van der Waals surface area (Å²) in [6.07, 6.45) is 5.49. The van der Waals surface area contributed by atoms with Crippen LogP contribution in [0.15, 0.2) is 24.3 Å². The lowest BCUT2D eigenvalue weighted by molar-refractivity contribution is -0.127. The number of aryl methyl sites for hydroxylation is 1. The van der Waals surface area contributed by atoms with Crippen LogP contribution in [0, 0.1) is 6.92 Å². The molecule has 4 nitrogen and oxygen atoms in total. The molecule has 0 radical (unpaired) electrons. The van der Waals surface area contributed by atoms with Crippen molar-refractivity contribution in [2.45, 2.75) is 64.0 Å². The number of anilines is 1. The van der Waals surface area contributed by atoms with E-state index in [0.29, 0.717) is 12.8 Å². The molecule has 2 fully saturated rings. The summed E-state index contributed by atoms with van der Waals surface area (Å²) in [5.41, 5.74) is 1.19. The van der Waals surface area contributed by atoms with E-state index in [1.165, 1.54) is 12.8 Å². The molecule has 2 aliphatic rings. The molecule has 0 bridgehead atoms. The van der Waals surface area contributed by atoms with Gasteiger partial charge in [0.05, 0.1) is 0 Å². The standard InChI is InChI=1S/C18H24N2O2/c1-13-7-9-15(10-8-13)20-16(21)11-12-18(20,2)17(22)19-14-5-3-4-6-14/h7-10,14H,3-6,11-12H2,1-2H3,(H,19,22)/t18-/m0/s1. The SMILES string of the molecule is Cc1ccc(N2C(=O)CC[C@@]2(C)C(=O)NC2CCCC2)cc1. The molecule has 118 valence electrons. The largest absolute Gasteiger partial charge is 0.351 e. The zero-order chi connectivity index (χ0) is 15.7. The monoisotopic (exact) mass is 300 g/mol. The molecule has 4 heteroatoms. The summed E-state index contributed by atoms with van der Waals surface area (Å²) in [6.45, 7) is 3.91. The van der Waals surface area contributed by atoms with Gasteiger partial charge in [-0.2, -0.15) is 0 Å². The van der Waals surface area contributed by atoms with Gasteiger partial charge in [-0.3, -0.25) is 14.5 Å². The Bertz CT molecular complexity index is 575. The first-order valence-corrected chi connectivity index (χ1v) is 8.21. The summed E-state index contributed by atoms with van der Waals surface area (Å²) in [5, 5.41) is 3.16. The van der Waals surface area contributed by atoms with Gasteiger partial charge < -0.3 is 5.32 Å². The van der Waals surface area contributed by atoms with E-state index in [1.807, 2.05) is 38.1 Å². The van der Waals surface area contributed by atoms with Crippen LogP contribution in [0.1, 0.15) is 51.0 Å². The van der Waals surface area contributed by atoms with E-state index in [4.69, 9.17) is 0 Å². The van der Waals surface area contributed by atoms with Crippen molar-refractivity contribution in [2.24, 2.45) is 0 Å². The van der Waals surface area contributed by atoms with Gasteiger partial charge in [-0.05, 0) is 45.2 Å². The number of carbonyl (C=O) groups excluding carboxylic acids is 2. The minimum Gasteiger partial charge on any atom is -0.351 e. The van der Waals surface area contributed by atoms with Crippen molar-refractivity contribution >= 4 is 17.5 Å². The van der Waals surface area contributed by atoms with E-state index in [0.717, 1.165) is 24.1 Å². The molecule has 1 heterocycles. The van der Waals surface area contributed by atoms with Crippen LogP contribution in [0.4, 0.5) is 5.69 Å². The quantitative estimate of drug-likeness (QED) is 0.933. The van der Waals surface area contributed by atoms with Crippen LogP contribution < -0.4 is 10.2 Å². The average molecular weight is 300 g/mol. The predicted molar refractivity (Wildman–Crippen MR) is 86.7 cm³/mol. The number of nitrogens with zero attached hydrogens (tertiary/aromatic N) is 1. The predicted octanol–water partition coefficient (Wildman–Crippen LogP) is 2.94. The van der Waals surface area contributed by atoms with Crippen LogP contribution in [-0.4, -0.2) is 23.4 Å². The van der Waals surface area contributed by atoms with Crippen molar-refractivity contribution in [2.75, 3.05) is 4.90 Å². The third kappa shape index (κ3) is 2.62. The van der Waals surface area contributed by atoms with Crippen LogP contribution in [0.3, 0.4) is 0 Å². The van der Waals surface area contributed by atoms with Crippen LogP contribution in [0.5, 0.6) is 0 Å². The van der Waals surface area contributed by atoms with Crippen LogP contribution in [0.25, 0.3) is 0 Å². The van der Waals surface area contributed by atoms with Crippen molar-refractivity contribution in [3.8, 4) is 0 Å². The van der Waals surface area contributed by atoms with Crippen molar-refractivity contribution in [1.29, 1.82) is 0 Å². The highest BCUT2D eigenvalue weighted by atomic mass is 16.2. The zero-order valence-electron chi connectivity index (χ0n) is 13.4. The molecule has 0 spiro atoms. The maximum atomic E-state index is 12.8. The van der Waals surface area contributed by atoms with Crippen molar-refractivity contribution in [1.82, 2.24) is 5.32 Å². The Morgan fingerprint density at radius 2 is 1.86 bits per heavy atom. The number of nitrogens with one attached hydrogen (secondary N) is 1. The third-order valence-electron chi connectivity index (χ3n) is 5.04. The second-order valence-corrected chi connectivity index (χ2v) is 6.79. The third-order valence-corrected chi connectivity index (χ3v) is 5.04. The summed E-state index contributed by atoms with van der Waals surface area (Å²) in [6, 6.07) is 8.10. The minimum absolute atomic E-state index is 0.00850. The molecular formula is C18H24N2O2.